The zero-order valence-electron chi connectivity index (χ0n) is 13.4. The van der Waals surface area contributed by atoms with E-state index in [1.54, 1.807) is 13.2 Å². The molecule has 124 valence electrons. The molecule has 3 aromatic rings. The van der Waals surface area contributed by atoms with Crippen molar-refractivity contribution < 1.29 is 18.6 Å². The average molecular weight is 391 g/mol. The van der Waals surface area contributed by atoms with E-state index in [9.17, 15) is 4.79 Å². The minimum absolute atomic E-state index is 0.192. The Morgan fingerprint density at radius 3 is 2.25 bits per heavy atom. The zero-order chi connectivity index (χ0) is 17.3. The van der Waals surface area contributed by atoms with Gasteiger partial charge in [0.05, 0.1) is 21.3 Å². The van der Waals surface area contributed by atoms with E-state index in [-0.39, 0.29) is 5.43 Å². The lowest BCUT2D eigenvalue weighted by molar-refractivity contribution is 0.391. The van der Waals surface area contributed by atoms with Gasteiger partial charge >= 0.3 is 0 Å². The first-order valence-corrected chi connectivity index (χ1v) is 7.91. The standard InChI is InChI=1S/C18H15BrO5/c1-21-11-6-4-10(5-7-11)13-8-12(20)16-14(24-13)9-15(22-2)17(19)18(16)23-3/h4-9H,1-3H3. The van der Waals surface area contributed by atoms with E-state index in [4.69, 9.17) is 18.6 Å². The van der Waals surface area contributed by atoms with Crippen molar-refractivity contribution in [3.8, 4) is 28.6 Å². The van der Waals surface area contributed by atoms with Crippen LogP contribution in [0, 0.1) is 0 Å². The van der Waals surface area contributed by atoms with Crippen LogP contribution in [0.2, 0.25) is 0 Å². The fourth-order valence-electron chi connectivity index (χ4n) is 2.48. The normalized spacial score (nSPS) is 10.7. The van der Waals surface area contributed by atoms with E-state index in [2.05, 4.69) is 15.9 Å². The highest BCUT2D eigenvalue weighted by Gasteiger charge is 2.18. The Morgan fingerprint density at radius 1 is 0.958 bits per heavy atom. The van der Waals surface area contributed by atoms with Crippen molar-refractivity contribution in [2.45, 2.75) is 0 Å². The monoisotopic (exact) mass is 390 g/mol. The van der Waals surface area contributed by atoms with Gasteiger partial charge in [0.1, 0.15) is 32.7 Å². The van der Waals surface area contributed by atoms with Crippen LogP contribution in [0.15, 0.2) is 50.1 Å². The first-order valence-electron chi connectivity index (χ1n) is 7.11. The van der Waals surface area contributed by atoms with E-state index in [1.807, 2.05) is 24.3 Å². The molecule has 5 nitrogen and oxygen atoms in total. The summed E-state index contributed by atoms with van der Waals surface area (Å²) >= 11 is 3.39. The maximum absolute atomic E-state index is 12.6. The molecule has 0 bridgehead atoms. The number of halogens is 1. The Kier molecular flexibility index (Phi) is 4.49. The van der Waals surface area contributed by atoms with Crippen LogP contribution in [0.25, 0.3) is 22.3 Å². The number of fused-ring (bicyclic) bond motifs is 1. The van der Waals surface area contributed by atoms with Gasteiger partial charge in [0, 0.05) is 17.7 Å². The lowest BCUT2D eigenvalue weighted by Crippen LogP contribution is -2.04. The maximum Gasteiger partial charge on any atom is 0.197 e. The summed E-state index contributed by atoms with van der Waals surface area (Å²) in [5.74, 6) is 2.10. The van der Waals surface area contributed by atoms with E-state index in [0.29, 0.717) is 32.7 Å². The highest BCUT2D eigenvalue weighted by molar-refractivity contribution is 9.10. The van der Waals surface area contributed by atoms with Crippen molar-refractivity contribution >= 4 is 26.9 Å². The van der Waals surface area contributed by atoms with Crippen LogP contribution < -0.4 is 19.6 Å². The van der Waals surface area contributed by atoms with E-state index in [1.165, 1.54) is 20.3 Å². The maximum atomic E-state index is 12.6. The molecule has 1 heterocycles. The molecule has 0 fully saturated rings. The van der Waals surface area contributed by atoms with Gasteiger partial charge in [-0.25, -0.2) is 0 Å². The van der Waals surface area contributed by atoms with Gasteiger partial charge < -0.3 is 18.6 Å². The minimum Gasteiger partial charge on any atom is -0.497 e. The van der Waals surface area contributed by atoms with Gasteiger partial charge in [0.2, 0.25) is 0 Å². The third-order valence-electron chi connectivity index (χ3n) is 3.68. The SMILES string of the molecule is COc1ccc(-c2cc(=O)c3c(OC)c(Br)c(OC)cc3o2)cc1. The van der Waals surface area contributed by atoms with Gasteiger partial charge in [-0.3, -0.25) is 4.79 Å². The molecule has 3 rings (SSSR count). The Morgan fingerprint density at radius 2 is 1.67 bits per heavy atom. The number of hydrogen-bond acceptors (Lipinski definition) is 5. The predicted octanol–water partition coefficient (Wildman–Crippen LogP) is 4.25. The lowest BCUT2D eigenvalue weighted by atomic mass is 10.1. The number of benzene rings is 2. The molecule has 2 aromatic carbocycles. The Labute approximate surface area is 146 Å². The smallest absolute Gasteiger partial charge is 0.197 e. The predicted molar refractivity (Wildman–Crippen MR) is 95.3 cm³/mol. The number of rotatable bonds is 4. The molecule has 0 unspecified atom stereocenters. The van der Waals surface area contributed by atoms with E-state index >= 15 is 0 Å². The van der Waals surface area contributed by atoms with E-state index < -0.39 is 0 Å². The molecule has 0 aliphatic carbocycles. The minimum atomic E-state index is -0.192. The van der Waals surface area contributed by atoms with Crippen LogP contribution in [-0.2, 0) is 0 Å². The van der Waals surface area contributed by atoms with Crippen LogP contribution in [0.1, 0.15) is 0 Å². The molecule has 0 saturated carbocycles. The fraction of sp³-hybridized carbons (Fsp3) is 0.167. The van der Waals surface area contributed by atoms with Crippen LogP contribution >= 0.6 is 15.9 Å². The van der Waals surface area contributed by atoms with Crippen LogP contribution in [-0.4, -0.2) is 21.3 Å². The molecule has 0 N–H and O–H groups in total. The van der Waals surface area contributed by atoms with Crippen LogP contribution in [0.3, 0.4) is 0 Å². The summed E-state index contributed by atoms with van der Waals surface area (Å²) in [7, 11) is 4.63. The number of ether oxygens (including phenoxy) is 3. The lowest BCUT2D eigenvalue weighted by Gasteiger charge is -2.12. The summed E-state index contributed by atoms with van der Waals surface area (Å²) in [5.41, 5.74) is 0.975. The molecule has 1 aromatic heterocycles. The second-order valence-corrected chi connectivity index (χ2v) is 5.80. The molecule has 0 saturated heterocycles. The average Bonchev–Trinajstić information content (AvgIpc) is 2.61. The van der Waals surface area contributed by atoms with Crippen molar-refractivity contribution in [3.05, 3.63) is 51.1 Å². The number of methoxy groups -OCH3 is 3. The van der Waals surface area contributed by atoms with Gasteiger partial charge in [0.25, 0.3) is 0 Å². The fourth-order valence-corrected chi connectivity index (χ4v) is 3.12. The quantitative estimate of drug-likeness (QED) is 0.666. The second kappa shape index (κ2) is 6.57. The first-order chi connectivity index (χ1) is 11.6. The van der Waals surface area contributed by atoms with Gasteiger partial charge in [0.15, 0.2) is 11.2 Å². The van der Waals surface area contributed by atoms with Crippen molar-refractivity contribution in [2.75, 3.05) is 21.3 Å². The molecule has 0 atom stereocenters. The summed E-state index contributed by atoms with van der Waals surface area (Å²) < 4.78 is 22.3. The number of hydrogen-bond donors (Lipinski definition) is 0. The molecular weight excluding hydrogens is 376 g/mol. The molecule has 0 aliphatic heterocycles. The largest absolute Gasteiger partial charge is 0.497 e. The molecule has 0 amide bonds. The van der Waals surface area contributed by atoms with Crippen molar-refractivity contribution in [2.24, 2.45) is 0 Å². The summed E-state index contributed by atoms with van der Waals surface area (Å²) in [4.78, 5) is 12.6. The molecular formula is C18H15BrO5. The third kappa shape index (κ3) is 2.73. The van der Waals surface area contributed by atoms with Gasteiger partial charge in [-0.2, -0.15) is 0 Å². The molecule has 0 aliphatic rings. The summed E-state index contributed by atoms with van der Waals surface area (Å²) in [6, 6.07) is 10.4. The zero-order valence-corrected chi connectivity index (χ0v) is 15.0. The Bertz CT molecular complexity index is 944. The van der Waals surface area contributed by atoms with Gasteiger partial charge in [-0.15, -0.1) is 0 Å². The molecule has 6 heteroatoms. The summed E-state index contributed by atoms with van der Waals surface area (Å²) in [6.45, 7) is 0. The third-order valence-corrected chi connectivity index (χ3v) is 4.43. The Balaban J connectivity index is 2.26. The van der Waals surface area contributed by atoms with Crippen molar-refractivity contribution in [3.63, 3.8) is 0 Å². The van der Waals surface area contributed by atoms with Crippen molar-refractivity contribution in [1.29, 1.82) is 0 Å². The molecule has 0 spiro atoms. The van der Waals surface area contributed by atoms with Crippen LogP contribution in [0.5, 0.6) is 17.2 Å². The topological polar surface area (TPSA) is 57.9 Å². The van der Waals surface area contributed by atoms with E-state index in [0.717, 1.165) is 11.3 Å². The van der Waals surface area contributed by atoms with Gasteiger partial charge in [-0.05, 0) is 40.2 Å². The Hall–Kier alpha value is -2.47. The first kappa shape index (κ1) is 16.4. The van der Waals surface area contributed by atoms with Crippen molar-refractivity contribution in [1.82, 2.24) is 0 Å². The highest BCUT2D eigenvalue weighted by atomic mass is 79.9. The van der Waals surface area contributed by atoms with Gasteiger partial charge in [-0.1, -0.05) is 0 Å². The molecule has 0 radical (unpaired) electrons. The highest BCUT2D eigenvalue weighted by Crippen LogP contribution is 2.40. The second-order valence-electron chi connectivity index (χ2n) is 5.00. The summed E-state index contributed by atoms with van der Waals surface area (Å²) in [5, 5.41) is 0.363. The molecule has 24 heavy (non-hydrogen) atoms. The van der Waals surface area contributed by atoms with Crippen LogP contribution in [0.4, 0.5) is 0 Å². The summed E-state index contributed by atoms with van der Waals surface area (Å²) in [6.07, 6.45) is 0.